The number of carbonyl (C=O) groups is 3. The van der Waals surface area contributed by atoms with Crippen LogP contribution >= 0.6 is 47.0 Å². The van der Waals surface area contributed by atoms with Crippen molar-refractivity contribution in [3.63, 3.8) is 0 Å². The van der Waals surface area contributed by atoms with Gasteiger partial charge < -0.3 is 22.1 Å². The first-order valence-electron chi connectivity index (χ1n) is 36.6. The summed E-state index contributed by atoms with van der Waals surface area (Å²) in [6, 6.07) is 37.5. The maximum atomic E-state index is 14.5. The molecule has 4 spiro atoms. The van der Waals surface area contributed by atoms with Gasteiger partial charge in [0.1, 0.15) is 86.2 Å². The zero-order chi connectivity index (χ0) is 78.6. The van der Waals surface area contributed by atoms with Crippen molar-refractivity contribution in [3.8, 4) is 0 Å². The molecule has 0 aromatic heterocycles. The van der Waals surface area contributed by atoms with Gasteiger partial charge in [-0.1, -0.05) is 121 Å². The Hall–Kier alpha value is -9.13. The van der Waals surface area contributed by atoms with E-state index in [0.29, 0.717) is 79.0 Å². The molecule has 578 valence electrons. The number of rotatable bonds is 10. The number of thioether (sulfide) groups is 4. The van der Waals surface area contributed by atoms with E-state index in [1.165, 1.54) is 82.6 Å². The first kappa shape index (κ1) is 78.6. The summed E-state index contributed by atoms with van der Waals surface area (Å²) < 4.78 is 141. The van der Waals surface area contributed by atoms with Crippen molar-refractivity contribution >= 4 is 96.3 Å². The van der Waals surface area contributed by atoms with E-state index in [0.717, 1.165) is 151 Å². The van der Waals surface area contributed by atoms with Crippen LogP contribution < -0.4 is 22.1 Å². The molecule has 8 unspecified atom stereocenters. The van der Waals surface area contributed by atoms with Gasteiger partial charge in [-0.15, -0.1) is 0 Å². The lowest BCUT2D eigenvalue weighted by Gasteiger charge is -2.46. The van der Waals surface area contributed by atoms with Crippen molar-refractivity contribution in [2.75, 3.05) is 43.4 Å². The van der Waals surface area contributed by atoms with Crippen LogP contribution in [0.5, 0.6) is 0 Å². The maximum Gasteiger partial charge on any atom is 0.241 e. The third-order valence-corrected chi connectivity index (χ3v) is 27.9. The van der Waals surface area contributed by atoms with Crippen molar-refractivity contribution in [2.45, 2.75) is 112 Å². The summed E-state index contributed by atoms with van der Waals surface area (Å²) in [5.74, 6) is -7.12. The fourth-order valence-electron chi connectivity index (χ4n) is 16.8. The van der Waals surface area contributed by atoms with Gasteiger partial charge in [0.05, 0.1) is 0 Å². The van der Waals surface area contributed by atoms with E-state index in [2.05, 4.69) is 62.1 Å². The molecule has 8 aromatic carbocycles. The first-order chi connectivity index (χ1) is 53.3. The largest absolute Gasteiger partial charge is 0.384 e. The van der Waals surface area contributed by atoms with Crippen LogP contribution in [0.3, 0.4) is 0 Å². The number of hydrazone groups is 4. The number of amides is 3. The molecule has 17 rings (SSSR count). The average Bonchev–Trinajstić information content (AvgIpc) is 1.55. The molecule has 2 aliphatic carbocycles. The monoisotopic (exact) mass is 1600 g/mol. The topological polar surface area (TPSA) is 190 Å². The molecule has 8 atom stereocenters. The number of nitrogens with zero attached hydrogens (tertiary/aromatic N) is 8. The summed E-state index contributed by atoms with van der Waals surface area (Å²) in [6.07, 6.45) is 7.28. The number of para-hydroxylation sites is 2. The molecule has 111 heavy (non-hydrogen) atoms. The third kappa shape index (κ3) is 14.1. The summed E-state index contributed by atoms with van der Waals surface area (Å²) in [5.41, 5.74) is 20.4. The summed E-state index contributed by atoms with van der Waals surface area (Å²) in [7, 11) is 0. The van der Waals surface area contributed by atoms with E-state index in [4.69, 9.17) is 16.6 Å². The van der Waals surface area contributed by atoms with Crippen LogP contribution in [-0.2, 0) is 46.7 Å². The van der Waals surface area contributed by atoms with E-state index in [-0.39, 0.29) is 66.8 Å². The average molecular weight is 1600 g/mol. The summed E-state index contributed by atoms with van der Waals surface area (Å²) in [6.45, 7) is 11.2. The lowest BCUT2D eigenvalue weighted by atomic mass is 9.77. The van der Waals surface area contributed by atoms with Gasteiger partial charge in [-0.2, -0.15) is 20.4 Å². The van der Waals surface area contributed by atoms with Crippen molar-refractivity contribution in [3.05, 3.63) is 271 Å². The van der Waals surface area contributed by atoms with Crippen LogP contribution in [0.2, 0.25) is 0 Å². The molecule has 0 saturated carbocycles. The van der Waals surface area contributed by atoms with Crippen LogP contribution in [0.15, 0.2) is 172 Å². The van der Waals surface area contributed by atoms with Crippen LogP contribution in [0, 0.1) is 88.8 Å². The standard InChI is InChI=1S/C21H19F4N3OS.C21H22F2N4OS.C21H21F2N3OS.C19H16F2N2S/c1-11(29)28-21(30-20(27-28)15-9-14(22)4-5-17(15)23)13(6-7-26)3-2-12-8-18(24)19(25)10-16(12)21;1-12-4-3-5-17-19(12)25-11-14(8-9-24)21(17)27(13(2)28)26-20(29-21)16-10-15(22)6-7-18(16)23;1-3-6-14-12-24-19-8-5-4-7-17(19)21(14)26(13(2)27)25-20(28-21)16-11-15(22)9-10-18(16)23;20-14-7-8-17(21)15(11-14)18-22-23-10-9-13-6-5-12-3-1-2-4-16(12)19(13,23)24-18/h4-5,8-10,13H,2-3,6-7,26H2,1H3;3-7,10,14,25H,8-9,11,24H2,1-2H3;4-5,7-11,14,24H,3,6,12H2,1-2H3;1-4,7-8,11,13H,5-6,9-10H2. The summed E-state index contributed by atoms with van der Waals surface area (Å²) >= 11 is 5.30. The van der Waals surface area contributed by atoms with Crippen molar-refractivity contribution in [1.29, 1.82) is 0 Å². The lowest BCUT2D eigenvalue weighted by molar-refractivity contribution is -0.134. The van der Waals surface area contributed by atoms with Crippen molar-refractivity contribution in [2.24, 2.45) is 55.5 Å². The van der Waals surface area contributed by atoms with Crippen molar-refractivity contribution < 1.29 is 58.3 Å². The Morgan fingerprint density at radius 2 is 0.874 bits per heavy atom. The Labute approximate surface area is 652 Å². The van der Waals surface area contributed by atoms with Gasteiger partial charge in [0.15, 0.2) is 11.6 Å². The molecule has 3 amide bonds. The second-order valence-electron chi connectivity index (χ2n) is 28.4. The molecule has 7 heterocycles. The van der Waals surface area contributed by atoms with E-state index >= 15 is 0 Å². The molecule has 6 N–H and O–H groups in total. The molecular weight excluding hydrogens is 1520 g/mol. The number of hydrogen-bond acceptors (Lipinski definition) is 16. The number of nitrogens with two attached hydrogens (primary N) is 2. The molecule has 9 aliphatic rings. The van der Waals surface area contributed by atoms with Crippen LogP contribution in [0.4, 0.5) is 55.3 Å². The molecule has 1 saturated heterocycles. The van der Waals surface area contributed by atoms with Gasteiger partial charge in [-0.3, -0.25) is 19.4 Å². The molecule has 15 nitrogen and oxygen atoms in total. The second kappa shape index (κ2) is 31.8. The first-order valence-corrected chi connectivity index (χ1v) is 39.8. The Bertz CT molecular complexity index is 5160. The number of hydrogen-bond donors (Lipinski definition) is 4. The smallest absolute Gasteiger partial charge is 0.241 e. The van der Waals surface area contributed by atoms with E-state index < -0.39 is 78.7 Å². The number of nitrogens with one attached hydrogen (secondary N) is 2. The molecular formula is C82H78F10N12O3S4. The molecule has 8 aromatic rings. The predicted octanol–water partition coefficient (Wildman–Crippen LogP) is 17.4. The molecule has 0 radical (unpaired) electrons. The Balaban J connectivity index is 0.000000123. The van der Waals surface area contributed by atoms with Crippen molar-refractivity contribution in [1.82, 2.24) is 20.0 Å². The van der Waals surface area contributed by atoms with Crippen LogP contribution in [0.1, 0.15) is 134 Å². The Kier molecular flexibility index (Phi) is 22.5. The fraction of sp³-hybridized carbons (Fsp3) is 0.329. The third-order valence-electron chi connectivity index (χ3n) is 21.7. The highest BCUT2D eigenvalue weighted by atomic mass is 32.2. The van der Waals surface area contributed by atoms with Crippen LogP contribution in [0.25, 0.3) is 0 Å². The van der Waals surface area contributed by atoms with Gasteiger partial charge in [0.2, 0.25) is 17.7 Å². The maximum absolute atomic E-state index is 14.5. The number of aryl methyl sites for hydroxylation is 3. The van der Waals surface area contributed by atoms with E-state index in [1.54, 1.807) is 11.8 Å². The van der Waals surface area contributed by atoms with Gasteiger partial charge >= 0.3 is 0 Å². The minimum absolute atomic E-state index is 0.0531. The highest BCUT2D eigenvalue weighted by Gasteiger charge is 2.60. The molecule has 1 fully saturated rings. The number of anilines is 2. The highest BCUT2D eigenvalue weighted by molar-refractivity contribution is 8.16. The fourth-order valence-corrected chi connectivity index (χ4v) is 23.3. The van der Waals surface area contributed by atoms with E-state index in [1.807, 2.05) is 49.4 Å². The highest BCUT2D eigenvalue weighted by Crippen LogP contribution is 2.63. The normalized spacial score (nSPS) is 24.0. The SMILES string of the molecule is CC(=O)N1N=C(c2cc(F)ccc2F)SC12c1cc(F)c(F)cc1CCC2CCN.CC(=O)N1N=C(c2cc(F)ccc2F)SC12c1cccc(C)c1NCC2CCN.CCCC1CNc2ccccc2C12SC(c1cc(F)ccc1F)=NN2C(C)=O.Fc1ccc(F)c(C2=NN3CCC4CCc5ccccc5C43S2)c1. The Morgan fingerprint density at radius 1 is 0.441 bits per heavy atom. The predicted molar refractivity (Wildman–Crippen MR) is 418 cm³/mol. The number of carbonyl (C=O) groups excluding carboxylic acids is 3. The number of benzene rings is 8. The zero-order valence-corrected chi connectivity index (χ0v) is 64.3. The summed E-state index contributed by atoms with van der Waals surface area (Å²) in [4.78, 5) is 34.8. The Morgan fingerprint density at radius 3 is 1.40 bits per heavy atom. The molecule has 29 heteroatoms. The van der Waals surface area contributed by atoms with E-state index in [9.17, 15) is 58.3 Å². The van der Waals surface area contributed by atoms with Gasteiger partial charge in [-0.05, 0) is 202 Å². The van der Waals surface area contributed by atoms with Gasteiger partial charge in [0.25, 0.3) is 0 Å². The minimum atomic E-state index is -1.22. The summed E-state index contributed by atoms with van der Waals surface area (Å²) in [5, 5.41) is 32.4. The molecule has 7 aliphatic heterocycles. The lowest BCUT2D eigenvalue weighted by Crippen LogP contribution is -2.51. The second-order valence-corrected chi connectivity index (χ2v) is 33.3. The quantitative estimate of drug-likeness (QED) is 0.0950. The minimum Gasteiger partial charge on any atom is -0.384 e. The van der Waals surface area contributed by atoms with Gasteiger partial charge in [0, 0.05) is 97.0 Å². The van der Waals surface area contributed by atoms with Gasteiger partial charge in [-0.25, -0.2) is 58.9 Å². The van der Waals surface area contributed by atoms with Crippen LogP contribution in [-0.4, -0.2) is 90.7 Å². The number of fused-ring (bicyclic) bond motifs is 7. The number of halogens is 10. The zero-order valence-electron chi connectivity index (χ0n) is 61.0. The molecule has 0 bridgehead atoms.